The van der Waals surface area contributed by atoms with Crippen molar-refractivity contribution in [3.8, 4) is 0 Å². The molecule has 6 heteroatoms. The van der Waals surface area contributed by atoms with Gasteiger partial charge in [0.05, 0.1) is 13.7 Å². The second-order valence-electron chi connectivity index (χ2n) is 2.02. The van der Waals surface area contributed by atoms with Gasteiger partial charge in [-0.2, -0.15) is 0 Å². The lowest BCUT2D eigenvalue weighted by Crippen LogP contribution is -2.42. The monoisotopic (exact) mass is 178 g/mol. The molecule has 0 aromatic carbocycles. The normalized spacial score (nSPS) is 9.58. The molecule has 0 aliphatic heterocycles. The average molecular weight is 178 g/mol. The summed E-state index contributed by atoms with van der Waals surface area (Å²) in [5.41, 5.74) is 2.11. The number of aliphatic hydroxyl groups is 1. The fourth-order valence-corrected chi connectivity index (χ4v) is 0.653. The van der Waals surface area contributed by atoms with Crippen molar-refractivity contribution in [2.45, 2.75) is 0 Å². The predicted molar refractivity (Wildman–Crippen MR) is 41.2 cm³/mol. The standard InChI is InChI=1S/C6H14N2O4/c1-11-5-8(3-4-9)6(10)7-12-2/h9H,3-5H2,1-2H3,(H,7,10). The van der Waals surface area contributed by atoms with Crippen molar-refractivity contribution < 1.29 is 19.5 Å². The molecule has 12 heavy (non-hydrogen) atoms. The summed E-state index contributed by atoms with van der Waals surface area (Å²) >= 11 is 0. The van der Waals surface area contributed by atoms with E-state index in [4.69, 9.17) is 9.84 Å². The molecule has 6 nitrogen and oxygen atoms in total. The van der Waals surface area contributed by atoms with Crippen LogP contribution in [0.5, 0.6) is 0 Å². The highest BCUT2D eigenvalue weighted by Crippen LogP contribution is 1.88. The largest absolute Gasteiger partial charge is 0.395 e. The highest BCUT2D eigenvalue weighted by molar-refractivity contribution is 5.72. The molecule has 0 heterocycles. The van der Waals surface area contributed by atoms with Gasteiger partial charge in [0.15, 0.2) is 0 Å². The van der Waals surface area contributed by atoms with Crippen molar-refractivity contribution in [3.63, 3.8) is 0 Å². The van der Waals surface area contributed by atoms with Crippen molar-refractivity contribution >= 4 is 6.03 Å². The first-order valence-electron chi connectivity index (χ1n) is 3.44. The van der Waals surface area contributed by atoms with Gasteiger partial charge in [-0.3, -0.25) is 9.74 Å². The molecule has 0 aromatic heterocycles. The van der Waals surface area contributed by atoms with Gasteiger partial charge in [-0.15, -0.1) is 0 Å². The number of hydrogen-bond acceptors (Lipinski definition) is 4. The van der Waals surface area contributed by atoms with E-state index < -0.39 is 6.03 Å². The van der Waals surface area contributed by atoms with E-state index in [9.17, 15) is 4.79 Å². The number of urea groups is 1. The highest BCUT2D eigenvalue weighted by atomic mass is 16.6. The number of ether oxygens (including phenoxy) is 1. The number of aliphatic hydroxyl groups excluding tert-OH is 1. The zero-order valence-electron chi connectivity index (χ0n) is 7.24. The van der Waals surface area contributed by atoms with Gasteiger partial charge >= 0.3 is 6.03 Å². The number of hydroxylamine groups is 1. The summed E-state index contributed by atoms with van der Waals surface area (Å²) < 4.78 is 4.72. The summed E-state index contributed by atoms with van der Waals surface area (Å²) in [4.78, 5) is 16.7. The highest BCUT2D eigenvalue weighted by Gasteiger charge is 2.10. The molecule has 2 N–H and O–H groups in total. The minimum atomic E-state index is -0.437. The number of rotatable bonds is 5. The third-order valence-electron chi connectivity index (χ3n) is 1.13. The molecular formula is C6H14N2O4. The van der Waals surface area contributed by atoms with Gasteiger partial charge in [0.2, 0.25) is 0 Å². The Morgan fingerprint density at radius 2 is 2.25 bits per heavy atom. The fourth-order valence-electron chi connectivity index (χ4n) is 0.653. The molecule has 0 aliphatic rings. The van der Waals surface area contributed by atoms with E-state index in [1.165, 1.54) is 19.1 Å². The molecular weight excluding hydrogens is 164 g/mol. The van der Waals surface area contributed by atoms with Gasteiger partial charge in [0.25, 0.3) is 0 Å². The van der Waals surface area contributed by atoms with E-state index in [0.29, 0.717) is 0 Å². The number of amides is 2. The van der Waals surface area contributed by atoms with Gasteiger partial charge in [0, 0.05) is 13.7 Å². The van der Waals surface area contributed by atoms with Gasteiger partial charge < -0.3 is 9.84 Å². The molecule has 0 unspecified atom stereocenters. The maximum Gasteiger partial charge on any atom is 0.343 e. The molecule has 0 saturated carbocycles. The second kappa shape index (κ2) is 6.84. The van der Waals surface area contributed by atoms with E-state index in [-0.39, 0.29) is 19.9 Å². The maximum absolute atomic E-state index is 11.0. The number of nitrogens with one attached hydrogen (secondary N) is 1. The molecule has 0 bridgehead atoms. The van der Waals surface area contributed by atoms with Crippen LogP contribution in [0.1, 0.15) is 0 Å². The fraction of sp³-hybridized carbons (Fsp3) is 0.833. The van der Waals surface area contributed by atoms with Gasteiger partial charge in [-0.25, -0.2) is 10.3 Å². The minimum absolute atomic E-state index is 0.111. The van der Waals surface area contributed by atoms with Gasteiger partial charge in [-0.1, -0.05) is 0 Å². The van der Waals surface area contributed by atoms with Gasteiger partial charge in [-0.05, 0) is 0 Å². The molecule has 0 aliphatic carbocycles. The van der Waals surface area contributed by atoms with Crippen LogP contribution in [0.3, 0.4) is 0 Å². The van der Waals surface area contributed by atoms with E-state index in [2.05, 4.69) is 10.3 Å². The Labute approximate surface area is 71.0 Å². The van der Waals surface area contributed by atoms with Crippen LogP contribution >= 0.6 is 0 Å². The first-order chi connectivity index (χ1) is 5.76. The molecule has 0 fully saturated rings. The van der Waals surface area contributed by atoms with Crippen LogP contribution in [0, 0.1) is 0 Å². The van der Waals surface area contributed by atoms with Crippen LogP contribution in [-0.2, 0) is 9.57 Å². The lowest BCUT2D eigenvalue weighted by molar-refractivity contribution is 0.0400. The van der Waals surface area contributed by atoms with Crippen molar-refractivity contribution in [1.29, 1.82) is 0 Å². The van der Waals surface area contributed by atoms with Crippen LogP contribution in [0.15, 0.2) is 0 Å². The Hall–Kier alpha value is -0.850. The molecule has 0 saturated heterocycles. The van der Waals surface area contributed by atoms with Crippen LogP contribution in [0.4, 0.5) is 4.79 Å². The van der Waals surface area contributed by atoms with E-state index in [0.717, 1.165) is 0 Å². The van der Waals surface area contributed by atoms with E-state index in [1.54, 1.807) is 0 Å². The lowest BCUT2D eigenvalue weighted by atomic mass is 10.6. The SMILES string of the molecule is COCN(CCO)C(=O)NOC. The topological polar surface area (TPSA) is 71.0 Å². The third kappa shape index (κ3) is 4.12. The Morgan fingerprint density at radius 3 is 2.67 bits per heavy atom. The van der Waals surface area contributed by atoms with Crippen molar-refractivity contribution in [3.05, 3.63) is 0 Å². The maximum atomic E-state index is 11.0. The predicted octanol–water partition coefficient (Wildman–Crippen LogP) is -0.844. The number of hydrogen-bond donors (Lipinski definition) is 2. The minimum Gasteiger partial charge on any atom is -0.395 e. The molecule has 2 amide bonds. The number of carbonyl (C=O) groups excluding carboxylic acids is 1. The zero-order valence-corrected chi connectivity index (χ0v) is 7.24. The summed E-state index contributed by atoms with van der Waals surface area (Å²) in [6.45, 7) is 0.222. The molecule has 0 aromatic rings. The Bertz CT molecular complexity index is 125. The summed E-state index contributed by atoms with van der Waals surface area (Å²) in [6, 6.07) is -0.437. The quantitative estimate of drug-likeness (QED) is 0.425. The molecule has 0 radical (unpaired) electrons. The summed E-state index contributed by atoms with van der Waals surface area (Å²) in [7, 11) is 2.80. The van der Waals surface area contributed by atoms with Crippen molar-refractivity contribution in [2.24, 2.45) is 0 Å². The number of nitrogens with zero attached hydrogens (tertiary/aromatic N) is 1. The van der Waals surface area contributed by atoms with Crippen molar-refractivity contribution in [2.75, 3.05) is 34.1 Å². The lowest BCUT2D eigenvalue weighted by Gasteiger charge is -2.19. The Morgan fingerprint density at radius 1 is 1.58 bits per heavy atom. The molecule has 0 spiro atoms. The first kappa shape index (κ1) is 11.2. The summed E-state index contributed by atoms with van der Waals surface area (Å²) in [6.07, 6.45) is 0. The Kier molecular flexibility index (Phi) is 6.35. The van der Waals surface area contributed by atoms with Crippen LogP contribution in [0.25, 0.3) is 0 Å². The third-order valence-corrected chi connectivity index (χ3v) is 1.13. The number of methoxy groups -OCH3 is 1. The van der Waals surface area contributed by atoms with Crippen LogP contribution in [-0.4, -0.2) is 50.1 Å². The van der Waals surface area contributed by atoms with Crippen molar-refractivity contribution in [1.82, 2.24) is 10.4 Å². The summed E-state index contributed by atoms with van der Waals surface area (Å²) in [5, 5.41) is 8.56. The molecule has 72 valence electrons. The zero-order chi connectivity index (χ0) is 9.40. The Balaban J connectivity index is 3.81. The average Bonchev–Trinajstić information content (AvgIpc) is 2.04. The summed E-state index contributed by atoms with van der Waals surface area (Å²) in [5.74, 6) is 0. The molecule has 0 atom stereocenters. The first-order valence-corrected chi connectivity index (χ1v) is 3.44. The molecule has 0 rings (SSSR count). The number of carbonyl (C=O) groups is 1. The van der Waals surface area contributed by atoms with Gasteiger partial charge in [0.1, 0.15) is 6.73 Å². The smallest absolute Gasteiger partial charge is 0.343 e. The second-order valence-corrected chi connectivity index (χ2v) is 2.02. The van der Waals surface area contributed by atoms with Crippen LogP contribution in [0.2, 0.25) is 0 Å². The van der Waals surface area contributed by atoms with E-state index in [1.807, 2.05) is 0 Å². The van der Waals surface area contributed by atoms with Crippen LogP contribution < -0.4 is 5.48 Å². The van der Waals surface area contributed by atoms with E-state index >= 15 is 0 Å².